The Kier molecular flexibility index (Phi) is 21.4. The summed E-state index contributed by atoms with van der Waals surface area (Å²) in [6, 6.07) is 23.3. The monoisotopic (exact) mass is 1270 g/mol. The number of carboxylic acids is 1. The number of piperidine rings is 2. The predicted molar refractivity (Wildman–Crippen MR) is 327 cm³/mol. The highest BCUT2D eigenvalue weighted by molar-refractivity contribution is 7.89. The van der Waals surface area contributed by atoms with E-state index in [-0.39, 0.29) is 40.0 Å². The number of nitrogens with zero attached hydrogens (tertiary/aromatic N) is 7. The van der Waals surface area contributed by atoms with Crippen LogP contribution in [0.25, 0.3) is 0 Å². The van der Waals surface area contributed by atoms with Crippen molar-refractivity contribution in [1.29, 1.82) is 10.5 Å². The van der Waals surface area contributed by atoms with Crippen LogP contribution >= 0.6 is 0 Å². The number of nitriles is 2. The molecule has 4 aliphatic rings. The van der Waals surface area contributed by atoms with Gasteiger partial charge in [0.25, 0.3) is 5.91 Å². The predicted octanol–water partition coefficient (Wildman–Crippen LogP) is 9.15. The second-order valence-corrected chi connectivity index (χ2v) is 25.8. The van der Waals surface area contributed by atoms with Crippen molar-refractivity contribution in [1.82, 2.24) is 10.2 Å². The SMILES string of the molecule is Cc1cc(C)c(C(=O)N2CCN(c3cccc(F)c3S(N)(=O)=O)CC2)cc1CC1CCN(c2c(F)cc(F)cc2C#N)CC1.Cc1cc(C)c(C(=O)O)cc1CC1CCN(c2c(F)cc(F)cc2C#N)CC1.NS(=O)(=O)c1c(F)cccc1N1CCNCC1. The molecule has 0 atom stereocenters. The topological polar surface area (TPSA) is 250 Å². The molecule has 89 heavy (non-hydrogen) atoms. The van der Waals surface area contributed by atoms with E-state index in [9.17, 15) is 68.4 Å². The zero-order valence-electron chi connectivity index (χ0n) is 49.7. The largest absolute Gasteiger partial charge is 0.478 e. The highest BCUT2D eigenvalue weighted by Crippen LogP contribution is 2.35. The average Bonchev–Trinajstić information content (AvgIpc) is 1.32. The third kappa shape index (κ3) is 16.0. The minimum absolute atomic E-state index is 0.0106. The Bertz CT molecular complexity index is 3970. The van der Waals surface area contributed by atoms with Gasteiger partial charge in [-0.1, -0.05) is 24.3 Å². The summed E-state index contributed by atoms with van der Waals surface area (Å²) in [5.74, 6) is -5.12. The van der Waals surface area contributed by atoms with Gasteiger partial charge in [0.15, 0.2) is 11.6 Å². The molecule has 6 N–H and O–H groups in total. The van der Waals surface area contributed by atoms with Crippen molar-refractivity contribution in [3.8, 4) is 12.1 Å². The lowest BCUT2D eigenvalue weighted by Gasteiger charge is -2.37. The van der Waals surface area contributed by atoms with Gasteiger partial charge in [-0.25, -0.2) is 58.3 Å². The second kappa shape index (κ2) is 28.5. The smallest absolute Gasteiger partial charge is 0.335 e. The highest BCUT2D eigenvalue weighted by atomic mass is 32.2. The number of nitrogens with two attached hydrogens (primary N) is 2. The van der Waals surface area contributed by atoms with Gasteiger partial charge < -0.3 is 34.9 Å². The summed E-state index contributed by atoms with van der Waals surface area (Å²) < 4.78 is 131. The highest BCUT2D eigenvalue weighted by Gasteiger charge is 2.31. The molecule has 0 bridgehead atoms. The number of hydrogen-bond donors (Lipinski definition) is 4. The normalized spacial score (nSPS) is 16.0. The molecule has 0 aromatic heterocycles. The maximum absolute atomic E-state index is 14.6. The number of carbonyl (C=O) groups is 2. The van der Waals surface area contributed by atoms with Crippen molar-refractivity contribution in [3.05, 3.63) is 175 Å². The summed E-state index contributed by atoms with van der Waals surface area (Å²) in [5.41, 5.74) is 7.58. The van der Waals surface area contributed by atoms with Crippen molar-refractivity contribution in [2.24, 2.45) is 22.1 Å². The van der Waals surface area contributed by atoms with E-state index in [1.54, 1.807) is 38.7 Å². The minimum atomic E-state index is -4.28. The quantitative estimate of drug-likeness (QED) is 0.0835. The molecule has 17 nitrogen and oxygen atoms in total. The van der Waals surface area contributed by atoms with Gasteiger partial charge in [0, 0.05) is 96.2 Å². The summed E-state index contributed by atoms with van der Waals surface area (Å²) in [6.07, 6.45) is 4.58. The number of piperazine rings is 2. The number of carboxylic acid groups (broad SMARTS) is 1. The minimum Gasteiger partial charge on any atom is -0.478 e. The molecule has 0 saturated carbocycles. The Morgan fingerprint density at radius 2 is 0.921 bits per heavy atom. The number of anilines is 4. The van der Waals surface area contributed by atoms with E-state index in [0.29, 0.717) is 88.2 Å². The molecule has 4 fully saturated rings. The molecule has 472 valence electrons. The molecule has 0 radical (unpaired) electrons. The number of sulfonamides is 2. The lowest BCUT2D eigenvalue weighted by molar-refractivity contribution is 0.0694. The Morgan fingerprint density at radius 1 is 0.528 bits per heavy atom. The molecule has 6 aromatic carbocycles. The Balaban J connectivity index is 0.000000193. The van der Waals surface area contributed by atoms with Crippen LogP contribution in [0.2, 0.25) is 0 Å². The van der Waals surface area contributed by atoms with Crippen LogP contribution in [0.1, 0.15) is 90.9 Å². The molecule has 4 aliphatic heterocycles. The van der Waals surface area contributed by atoms with E-state index in [0.717, 1.165) is 121 Å². The Labute approximate surface area is 514 Å². The van der Waals surface area contributed by atoms with Gasteiger partial charge in [0.1, 0.15) is 45.2 Å². The fourth-order valence-corrected chi connectivity index (χ4v) is 13.9. The van der Waals surface area contributed by atoms with Crippen molar-refractivity contribution in [2.45, 2.75) is 76.0 Å². The number of aryl methyl sites for hydroxylation is 4. The number of amides is 1. The molecular weight excluding hydrogens is 1200 g/mol. The van der Waals surface area contributed by atoms with Gasteiger partial charge in [-0.15, -0.1) is 0 Å². The molecule has 6 aromatic rings. The van der Waals surface area contributed by atoms with Gasteiger partial charge in [-0.2, -0.15) is 10.5 Å². The first-order chi connectivity index (χ1) is 42.2. The van der Waals surface area contributed by atoms with Crippen molar-refractivity contribution in [2.75, 3.05) is 98.1 Å². The van der Waals surface area contributed by atoms with Crippen LogP contribution in [-0.2, 0) is 32.9 Å². The van der Waals surface area contributed by atoms with Crippen molar-refractivity contribution >= 4 is 54.7 Å². The van der Waals surface area contributed by atoms with Gasteiger partial charge >= 0.3 is 5.97 Å². The third-order valence-corrected chi connectivity index (χ3v) is 18.8. The molecule has 4 saturated heterocycles. The van der Waals surface area contributed by atoms with Crippen molar-refractivity contribution in [3.63, 3.8) is 0 Å². The number of rotatable bonds is 12. The lowest BCUT2D eigenvalue weighted by Crippen LogP contribution is -2.49. The van der Waals surface area contributed by atoms with Crippen LogP contribution < -0.4 is 35.2 Å². The zero-order valence-corrected chi connectivity index (χ0v) is 51.4. The standard InChI is InChI=1S/C32H34F3N5O3S.C22H22F2N2O2.C10H14FN3O2S/c1-20-14-21(2)26(32(41)40-12-10-38(11-13-40)29-5-3-4-27(34)31(29)44(37,42)43)17-23(20)15-22-6-8-39(9-7-22)30-24(19-36)16-25(33)18-28(30)35;1-13-7-14(2)19(22(27)28)10-16(13)8-15-3-5-26(6-4-15)21-17(12-25)9-18(23)11-20(21)24;11-8-2-1-3-9(10(8)17(12,15)16)14-6-4-13-5-7-14/h3-5,14,16-18,22H,6-13,15H2,1-2H3,(H2,37,42,43);7,9-11,15H,3-6,8H2,1-2H3,(H,27,28);1-3,13H,4-7H2,(H2,12,15,16). The van der Waals surface area contributed by atoms with Gasteiger partial charge in [-0.3, -0.25) is 4.79 Å². The number of carbonyl (C=O) groups excluding carboxylic acids is 1. The molecular formula is C64H70F6N10O7S2. The molecule has 1 amide bonds. The Morgan fingerprint density at radius 3 is 1.31 bits per heavy atom. The first kappa shape index (κ1) is 66.7. The zero-order chi connectivity index (χ0) is 64.6. The number of benzene rings is 6. The lowest BCUT2D eigenvalue weighted by atomic mass is 9.86. The molecule has 4 heterocycles. The summed E-state index contributed by atoms with van der Waals surface area (Å²) in [4.78, 5) is 33.0. The molecule has 25 heteroatoms. The van der Waals surface area contributed by atoms with E-state index in [2.05, 4.69) is 5.32 Å². The number of halogens is 6. The van der Waals surface area contributed by atoms with E-state index >= 15 is 0 Å². The Hall–Kier alpha value is -8.20. The summed E-state index contributed by atoms with van der Waals surface area (Å²) in [6.45, 7) is 13.9. The van der Waals surface area contributed by atoms with Gasteiger partial charge in [-0.05, 0) is 160 Å². The first-order valence-corrected chi connectivity index (χ1v) is 32.1. The van der Waals surface area contributed by atoms with Crippen LogP contribution in [0, 0.1) is 97.1 Å². The van der Waals surface area contributed by atoms with Crippen LogP contribution in [-0.4, -0.2) is 117 Å². The summed E-state index contributed by atoms with van der Waals surface area (Å²) in [7, 11) is -8.33. The summed E-state index contributed by atoms with van der Waals surface area (Å²) in [5, 5.41) is 41.4. The maximum atomic E-state index is 14.6. The van der Waals surface area contributed by atoms with Gasteiger partial charge in [0.2, 0.25) is 20.0 Å². The van der Waals surface area contributed by atoms with Gasteiger partial charge in [0.05, 0.1) is 39.4 Å². The van der Waals surface area contributed by atoms with E-state index < -0.39 is 70.7 Å². The van der Waals surface area contributed by atoms with Crippen molar-refractivity contribution < 1.29 is 57.9 Å². The fraction of sp³-hybridized carbons (Fsp3) is 0.375. The number of aromatic carboxylic acids is 1. The second-order valence-electron chi connectivity index (χ2n) is 22.8. The maximum Gasteiger partial charge on any atom is 0.335 e. The average molecular weight is 1270 g/mol. The van der Waals surface area contributed by atoms with E-state index in [4.69, 9.17) is 10.3 Å². The third-order valence-electron chi connectivity index (χ3n) is 16.8. The molecule has 0 unspecified atom stereocenters. The first-order valence-electron chi connectivity index (χ1n) is 29.0. The van der Waals surface area contributed by atoms with E-state index in [1.165, 1.54) is 18.2 Å². The fourth-order valence-electron chi connectivity index (χ4n) is 12.3. The number of nitrogens with one attached hydrogen (secondary N) is 1. The molecule has 0 spiro atoms. The summed E-state index contributed by atoms with van der Waals surface area (Å²) >= 11 is 0. The van der Waals surface area contributed by atoms with E-state index in [1.807, 2.05) is 56.0 Å². The number of hydrogen-bond acceptors (Lipinski definition) is 13. The molecule has 0 aliphatic carbocycles. The van der Waals surface area contributed by atoms with Crippen LogP contribution in [0.5, 0.6) is 0 Å². The van der Waals surface area contributed by atoms with Crippen LogP contribution in [0.15, 0.2) is 94.7 Å². The number of primary sulfonamides is 2. The molecule has 10 rings (SSSR count). The van der Waals surface area contributed by atoms with Crippen LogP contribution in [0.3, 0.4) is 0 Å². The van der Waals surface area contributed by atoms with Crippen LogP contribution in [0.4, 0.5) is 49.1 Å².